The van der Waals surface area contributed by atoms with Gasteiger partial charge in [0.15, 0.2) is 5.17 Å². The van der Waals surface area contributed by atoms with E-state index >= 15 is 0 Å². The SMILES string of the molecule is Cc1cc2cccc(C3=C(C4CC4)SC4=NCCN43)c2s1. The van der Waals surface area contributed by atoms with Crippen LogP contribution in [0.25, 0.3) is 15.8 Å². The summed E-state index contributed by atoms with van der Waals surface area (Å²) in [7, 11) is 0. The molecule has 21 heavy (non-hydrogen) atoms. The van der Waals surface area contributed by atoms with Gasteiger partial charge in [-0.05, 0) is 37.1 Å². The maximum Gasteiger partial charge on any atom is 0.168 e. The van der Waals surface area contributed by atoms with Gasteiger partial charge in [0.1, 0.15) is 0 Å². The molecule has 1 aromatic heterocycles. The van der Waals surface area contributed by atoms with Crippen molar-refractivity contribution in [1.29, 1.82) is 0 Å². The summed E-state index contributed by atoms with van der Waals surface area (Å²) in [6.07, 6.45) is 2.71. The standard InChI is InChI=1S/C17H16N2S2/c1-10-9-12-3-2-4-13(15(12)20-10)14-16(11-5-6-11)21-17-18-7-8-19(14)17/h2-4,9,11H,5-8H2,1H3. The second-order valence-corrected chi connectivity index (χ2v) is 8.25. The Morgan fingerprint density at radius 2 is 2.19 bits per heavy atom. The number of benzene rings is 1. The molecule has 4 heteroatoms. The zero-order valence-electron chi connectivity index (χ0n) is 11.9. The Kier molecular flexibility index (Phi) is 2.56. The number of aliphatic imine (C=N–C) groups is 1. The van der Waals surface area contributed by atoms with Gasteiger partial charge in [-0.3, -0.25) is 4.99 Å². The fourth-order valence-electron chi connectivity index (χ4n) is 3.28. The smallest absolute Gasteiger partial charge is 0.168 e. The number of rotatable bonds is 2. The summed E-state index contributed by atoms with van der Waals surface area (Å²) in [5, 5.41) is 2.62. The second kappa shape index (κ2) is 4.37. The minimum Gasteiger partial charge on any atom is -0.318 e. The molecule has 1 aliphatic carbocycles. The Morgan fingerprint density at radius 1 is 1.29 bits per heavy atom. The predicted octanol–water partition coefficient (Wildman–Crippen LogP) is 4.71. The first-order valence-corrected chi connectivity index (χ1v) is 9.18. The van der Waals surface area contributed by atoms with E-state index in [2.05, 4.69) is 41.1 Å². The number of hydrogen-bond acceptors (Lipinski definition) is 4. The maximum absolute atomic E-state index is 4.69. The van der Waals surface area contributed by atoms with Crippen LogP contribution in [0.3, 0.4) is 0 Å². The van der Waals surface area contributed by atoms with Crippen LogP contribution in [-0.4, -0.2) is 23.2 Å². The summed E-state index contributed by atoms with van der Waals surface area (Å²) in [4.78, 5) is 10.1. The van der Waals surface area contributed by atoms with Crippen molar-refractivity contribution >= 4 is 44.0 Å². The minimum atomic E-state index is 0.787. The van der Waals surface area contributed by atoms with E-state index in [9.17, 15) is 0 Å². The molecule has 3 aliphatic rings. The second-order valence-electron chi connectivity index (χ2n) is 5.99. The van der Waals surface area contributed by atoms with Crippen LogP contribution in [-0.2, 0) is 0 Å². The van der Waals surface area contributed by atoms with Crippen molar-refractivity contribution in [1.82, 2.24) is 4.90 Å². The minimum absolute atomic E-state index is 0.787. The van der Waals surface area contributed by atoms with Crippen molar-refractivity contribution in [3.8, 4) is 0 Å². The number of amidine groups is 1. The summed E-state index contributed by atoms with van der Waals surface area (Å²) >= 11 is 3.85. The Hall–Kier alpha value is -1.26. The number of thiophene rings is 1. The third-order valence-corrected chi connectivity index (χ3v) is 6.75. The molecule has 2 aromatic rings. The molecule has 2 aliphatic heterocycles. The zero-order valence-corrected chi connectivity index (χ0v) is 13.6. The summed E-state index contributed by atoms with van der Waals surface area (Å²) in [5.41, 5.74) is 2.89. The Labute approximate surface area is 132 Å². The molecule has 0 spiro atoms. The molecular formula is C17H16N2S2. The first kappa shape index (κ1) is 12.3. The third kappa shape index (κ3) is 1.82. The zero-order chi connectivity index (χ0) is 14.0. The van der Waals surface area contributed by atoms with Gasteiger partial charge in [-0.2, -0.15) is 0 Å². The van der Waals surface area contributed by atoms with Crippen molar-refractivity contribution in [3.63, 3.8) is 0 Å². The van der Waals surface area contributed by atoms with Crippen LogP contribution >= 0.6 is 23.1 Å². The fourth-order valence-corrected chi connectivity index (χ4v) is 5.67. The van der Waals surface area contributed by atoms with E-state index < -0.39 is 0 Å². The van der Waals surface area contributed by atoms with Crippen LogP contribution in [0.2, 0.25) is 0 Å². The molecule has 106 valence electrons. The highest BCUT2D eigenvalue weighted by molar-refractivity contribution is 8.17. The molecule has 0 bridgehead atoms. The lowest BCUT2D eigenvalue weighted by molar-refractivity contribution is 0.646. The van der Waals surface area contributed by atoms with Crippen molar-refractivity contribution in [2.45, 2.75) is 19.8 Å². The lowest BCUT2D eigenvalue weighted by atomic mass is 10.1. The molecule has 1 aromatic carbocycles. The molecule has 0 saturated heterocycles. The van der Waals surface area contributed by atoms with Gasteiger partial charge < -0.3 is 4.90 Å². The lowest BCUT2D eigenvalue weighted by Crippen LogP contribution is -2.20. The molecular weight excluding hydrogens is 296 g/mol. The number of aryl methyl sites for hydroxylation is 1. The third-order valence-electron chi connectivity index (χ3n) is 4.38. The summed E-state index contributed by atoms with van der Waals surface area (Å²) in [6, 6.07) is 9.05. The van der Waals surface area contributed by atoms with E-state index in [-0.39, 0.29) is 0 Å². The van der Waals surface area contributed by atoms with Crippen molar-refractivity contribution in [2.75, 3.05) is 13.1 Å². The van der Waals surface area contributed by atoms with Crippen molar-refractivity contribution < 1.29 is 0 Å². The molecule has 2 nitrogen and oxygen atoms in total. The van der Waals surface area contributed by atoms with Gasteiger partial charge >= 0.3 is 0 Å². The van der Waals surface area contributed by atoms with Gasteiger partial charge in [0, 0.05) is 26.6 Å². The number of fused-ring (bicyclic) bond motifs is 2. The van der Waals surface area contributed by atoms with Crippen LogP contribution in [0.5, 0.6) is 0 Å². The van der Waals surface area contributed by atoms with Crippen LogP contribution < -0.4 is 0 Å². The van der Waals surface area contributed by atoms with Gasteiger partial charge in [-0.15, -0.1) is 11.3 Å². The number of hydrogen-bond donors (Lipinski definition) is 0. The van der Waals surface area contributed by atoms with Crippen LogP contribution in [0.4, 0.5) is 0 Å². The fraction of sp³-hybridized carbons (Fsp3) is 0.353. The van der Waals surface area contributed by atoms with Gasteiger partial charge in [0.05, 0.1) is 12.2 Å². The average molecular weight is 312 g/mol. The van der Waals surface area contributed by atoms with E-state index in [0.717, 1.165) is 19.0 Å². The first-order chi connectivity index (χ1) is 10.3. The number of nitrogens with zero attached hydrogens (tertiary/aromatic N) is 2. The molecule has 0 N–H and O–H groups in total. The summed E-state index contributed by atoms with van der Waals surface area (Å²) < 4.78 is 1.44. The largest absolute Gasteiger partial charge is 0.318 e. The predicted molar refractivity (Wildman–Crippen MR) is 92.8 cm³/mol. The quantitative estimate of drug-likeness (QED) is 0.798. The summed E-state index contributed by atoms with van der Waals surface area (Å²) in [5.74, 6) is 0.787. The average Bonchev–Trinajstić information content (AvgIpc) is 2.92. The lowest BCUT2D eigenvalue weighted by Gasteiger charge is -2.18. The highest BCUT2D eigenvalue weighted by Gasteiger charge is 2.40. The topological polar surface area (TPSA) is 15.6 Å². The van der Waals surface area contributed by atoms with Gasteiger partial charge in [0.2, 0.25) is 0 Å². The summed E-state index contributed by atoms with van der Waals surface area (Å²) in [6.45, 7) is 4.20. The number of allylic oxidation sites excluding steroid dienone is 1. The normalized spacial score (nSPS) is 21.4. The Bertz CT molecular complexity index is 811. The Morgan fingerprint density at radius 3 is 3.05 bits per heavy atom. The molecule has 0 unspecified atom stereocenters. The monoisotopic (exact) mass is 312 g/mol. The van der Waals surface area contributed by atoms with Gasteiger partial charge in [0.25, 0.3) is 0 Å². The van der Waals surface area contributed by atoms with E-state index in [1.54, 1.807) is 4.91 Å². The Balaban J connectivity index is 1.76. The highest BCUT2D eigenvalue weighted by Crippen LogP contribution is 2.53. The van der Waals surface area contributed by atoms with E-state index in [0.29, 0.717) is 0 Å². The van der Waals surface area contributed by atoms with Crippen molar-refractivity contribution in [3.05, 3.63) is 39.6 Å². The maximum atomic E-state index is 4.69. The first-order valence-electron chi connectivity index (χ1n) is 7.55. The van der Waals surface area contributed by atoms with E-state index in [1.807, 2.05) is 23.1 Å². The van der Waals surface area contributed by atoms with Crippen LogP contribution in [0, 0.1) is 12.8 Å². The molecule has 0 atom stereocenters. The molecule has 1 fully saturated rings. The van der Waals surface area contributed by atoms with Crippen molar-refractivity contribution in [2.24, 2.45) is 10.9 Å². The molecule has 5 rings (SSSR count). The van der Waals surface area contributed by atoms with Gasteiger partial charge in [-0.1, -0.05) is 30.0 Å². The van der Waals surface area contributed by atoms with Crippen LogP contribution in [0.15, 0.2) is 34.2 Å². The van der Waals surface area contributed by atoms with Gasteiger partial charge in [-0.25, -0.2) is 0 Å². The molecule has 3 heterocycles. The molecule has 1 saturated carbocycles. The van der Waals surface area contributed by atoms with E-state index in [4.69, 9.17) is 0 Å². The number of thioether (sulfide) groups is 1. The van der Waals surface area contributed by atoms with Crippen LogP contribution in [0.1, 0.15) is 23.3 Å². The highest BCUT2D eigenvalue weighted by atomic mass is 32.2. The molecule has 0 radical (unpaired) electrons. The molecule has 0 amide bonds. The van der Waals surface area contributed by atoms with E-state index in [1.165, 1.54) is 44.2 Å².